The molecule has 2 heteroatoms. The molecule has 0 saturated heterocycles. The Labute approximate surface area is 62.2 Å². The Kier molecular flexibility index (Phi) is 2.32. The standard InChI is InChI=1S/C8H16O2/c1-8(2,5-9)6-10-7-3-4-7/h7,9H,3-6H2,1-2H3. The summed E-state index contributed by atoms with van der Waals surface area (Å²) in [5.74, 6) is 0. The molecule has 1 N–H and O–H groups in total. The molecule has 0 heterocycles. The number of hydrogen-bond donors (Lipinski definition) is 1. The van der Waals surface area contributed by atoms with Crippen molar-refractivity contribution in [1.82, 2.24) is 0 Å². The summed E-state index contributed by atoms with van der Waals surface area (Å²) in [5, 5.41) is 8.85. The van der Waals surface area contributed by atoms with E-state index in [1.165, 1.54) is 12.8 Å². The molecule has 1 rings (SSSR count). The summed E-state index contributed by atoms with van der Waals surface area (Å²) in [6, 6.07) is 0. The van der Waals surface area contributed by atoms with Crippen molar-refractivity contribution >= 4 is 0 Å². The first-order valence-corrected chi connectivity index (χ1v) is 3.86. The molecule has 0 atom stereocenters. The Hall–Kier alpha value is -0.0800. The molecular formula is C8H16O2. The summed E-state index contributed by atoms with van der Waals surface area (Å²) in [5.41, 5.74) is -0.0530. The fraction of sp³-hybridized carbons (Fsp3) is 1.00. The third-order valence-electron chi connectivity index (χ3n) is 1.66. The zero-order chi connectivity index (χ0) is 7.61. The van der Waals surface area contributed by atoms with E-state index in [1.807, 2.05) is 13.8 Å². The minimum atomic E-state index is -0.0530. The maximum Gasteiger partial charge on any atom is 0.0577 e. The molecule has 1 aliphatic carbocycles. The number of aliphatic hydroxyl groups excluding tert-OH is 1. The fourth-order valence-corrected chi connectivity index (χ4v) is 0.624. The maximum absolute atomic E-state index is 8.85. The van der Waals surface area contributed by atoms with Gasteiger partial charge in [-0.2, -0.15) is 0 Å². The average molecular weight is 144 g/mol. The van der Waals surface area contributed by atoms with E-state index in [2.05, 4.69) is 0 Å². The lowest BCUT2D eigenvalue weighted by Gasteiger charge is -2.20. The molecule has 0 unspecified atom stereocenters. The van der Waals surface area contributed by atoms with Crippen LogP contribution in [0, 0.1) is 5.41 Å². The average Bonchev–Trinajstić information content (AvgIpc) is 2.66. The van der Waals surface area contributed by atoms with E-state index in [0.717, 1.165) is 0 Å². The van der Waals surface area contributed by atoms with E-state index in [0.29, 0.717) is 12.7 Å². The van der Waals surface area contributed by atoms with Gasteiger partial charge < -0.3 is 9.84 Å². The first-order valence-electron chi connectivity index (χ1n) is 3.86. The quantitative estimate of drug-likeness (QED) is 0.642. The molecule has 1 fully saturated rings. The Morgan fingerprint density at radius 1 is 1.50 bits per heavy atom. The van der Waals surface area contributed by atoms with Gasteiger partial charge in [0, 0.05) is 5.41 Å². The molecule has 0 bridgehead atoms. The van der Waals surface area contributed by atoms with Gasteiger partial charge in [-0.25, -0.2) is 0 Å². The van der Waals surface area contributed by atoms with Crippen LogP contribution in [-0.2, 0) is 4.74 Å². The first-order chi connectivity index (χ1) is 4.64. The second kappa shape index (κ2) is 2.89. The Morgan fingerprint density at radius 2 is 2.10 bits per heavy atom. The monoisotopic (exact) mass is 144 g/mol. The van der Waals surface area contributed by atoms with Crippen molar-refractivity contribution in [1.29, 1.82) is 0 Å². The van der Waals surface area contributed by atoms with Gasteiger partial charge in [0.05, 0.1) is 19.3 Å². The van der Waals surface area contributed by atoms with Crippen LogP contribution in [0.5, 0.6) is 0 Å². The van der Waals surface area contributed by atoms with Crippen LogP contribution in [0.25, 0.3) is 0 Å². The van der Waals surface area contributed by atoms with Crippen LogP contribution in [0.15, 0.2) is 0 Å². The zero-order valence-corrected chi connectivity index (χ0v) is 6.76. The van der Waals surface area contributed by atoms with Gasteiger partial charge in [0.25, 0.3) is 0 Å². The lowest BCUT2D eigenvalue weighted by Crippen LogP contribution is -2.24. The molecule has 0 aliphatic heterocycles. The predicted molar refractivity (Wildman–Crippen MR) is 39.8 cm³/mol. The van der Waals surface area contributed by atoms with Crippen LogP contribution in [0.3, 0.4) is 0 Å². The lowest BCUT2D eigenvalue weighted by atomic mass is 9.97. The van der Waals surface area contributed by atoms with E-state index in [1.54, 1.807) is 0 Å². The summed E-state index contributed by atoms with van der Waals surface area (Å²) in [6.07, 6.45) is 2.93. The van der Waals surface area contributed by atoms with Gasteiger partial charge >= 0.3 is 0 Å². The predicted octanol–water partition coefficient (Wildman–Crippen LogP) is 1.18. The number of aliphatic hydroxyl groups is 1. The van der Waals surface area contributed by atoms with Crippen LogP contribution in [-0.4, -0.2) is 24.4 Å². The molecule has 0 aromatic heterocycles. The highest BCUT2D eigenvalue weighted by atomic mass is 16.5. The zero-order valence-electron chi connectivity index (χ0n) is 6.76. The van der Waals surface area contributed by atoms with Gasteiger partial charge in [-0.05, 0) is 12.8 Å². The van der Waals surface area contributed by atoms with E-state index < -0.39 is 0 Å². The Morgan fingerprint density at radius 3 is 2.50 bits per heavy atom. The lowest BCUT2D eigenvalue weighted by molar-refractivity contribution is 0.0195. The van der Waals surface area contributed by atoms with E-state index in [4.69, 9.17) is 9.84 Å². The Balaban J connectivity index is 2.09. The summed E-state index contributed by atoms with van der Waals surface area (Å²) in [7, 11) is 0. The van der Waals surface area contributed by atoms with Gasteiger partial charge in [-0.1, -0.05) is 13.8 Å². The van der Waals surface area contributed by atoms with Gasteiger partial charge in [0.1, 0.15) is 0 Å². The molecule has 1 saturated carbocycles. The highest BCUT2D eigenvalue weighted by Gasteiger charge is 2.26. The van der Waals surface area contributed by atoms with Crippen molar-refractivity contribution in [3.63, 3.8) is 0 Å². The third kappa shape index (κ3) is 2.67. The van der Waals surface area contributed by atoms with Gasteiger partial charge in [-0.3, -0.25) is 0 Å². The molecule has 0 amide bonds. The van der Waals surface area contributed by atoms with E-state index in [9.17, 15) is 0 Å². The normalized spacial score (nSPS) is 19.5. The van der Waals surface area contributed by atoms with Gasteiger partial charge in [0.15, 0.2) is 0 Å². The minimum absolute atomic E-state index is 0.0530. The molecule has 0 aromatic rings. The molecule has 60 valence electrons. The number of rotatable bonds is 4. The molecule has 0 aromatic carbocycles. The fourth-order valence-electron chi connectivity index (χ4n) is 0.624. The van der Waals surface area contributed by atoms with Crippen LogP contribution >= 0.6 is 0 Å². The van der Waals surface area contributed by atoms with Crippen molar-refractivity contribution in [3.05, 3.63) is 0 Å². The van der Waals surface area contributed by atoms with Crippen molar-refractivity contribution in [2.45, 2.75) is 32.8 Å². The largest absolute Gasteiger partial charge is 0.396 e. The van der Waals surface area contributed by atoms with Crippen LogP contribution in [0.1, 0.15) is 26.7 Å². The molecular weight excluding hydrogens is 128 g/mol. The van der Waals surface area contributed by atoms with E-state index in [-0.39, 0.29) is 12.0 Å². The molecule has 1 aliphatic rings. The molecule has 0 spiro atoms. The highest BCUT2D eigenvalue weighted by molar-refractivity contribution is 4.75. The molecule has 10 heavy (non-hydrogen) atoms. The van der Waals surface area contributed by atoms with Crippen molar-refractivity contribution < 1.29 is 9.84 Å². The molecule has 2 nitrogen and oxygen atoms in total. The summed E-state index contributed by atoms with van der Waals surface area (Å²) >= 11 is 0. The highest BCUT2D eigenvalue weighted by Crippen LogP contribution is 2.26. The van der Waals surface area contributed by atoms with Crippen LogP contribution < -0.4 is 0 Å². The third-order valence-corrected chi connectivity index (χ3v) is 1.66. The van der Waals surface area contributed by atoms with Gasteiger partial charge in [-0.15, -0.1) is 0 Å². The van der Waals surface area contributed by atoms with Crippen molar-refractivity contribution in [3.8, 4) is 0 Å². The number of hydrogen-bond acceptors (Lipinski definition) is 2. The van der Waals surface area contributed by atoms with Crippen molar-refractivity contribution in [2.75, 3.05) is 13.2 Å². The second-order valence-corrected chi connectivity index (χ2v) is 3.83. The number of ether oxygens (including phenoxy) is 1. The summed E-state index contributed by atoms with van der Waals surface area (Å²) < 4.78 is 5.45. The summed E-state index contributed by atoms with van der Waals surface area (Å²) in [6.45, 7) is 4.92. The van der Waals surface area contributed by atoms with Gasteiger partial charge in [0.2, 0.25) is 0 Å². The van der Waals surface area contributed by atoms with Crippen LogP contribution in [0.4, 0.5) is 0 Å². The summed E-state index contributed by atoms with van der Waals surface area (Å²) in [4.78, 5) is 0. The maximum atomic E-state index is 8.85. The van der Waals surface area contributed by atoms with E-state index >= 15 is 0 Å². The minimum Gasteiger partial charge on any atom is -0.396 e. The smallest absolute Gasteiger partial charge is 0.0577 e. The Bertz CT molecular complexity index is 106. The SMILES string of the molecule is CC(C)(CO)COC1CC1. The molecule has 0 radical (unpaired) electrons. The first kappa shape index (κ1) is 8.02. The second-order valence-electron chi connectivity index (χ2n) is 3.83. The van der Waals surface area contributed by atoms with Crippen molar-refractivity contribution in [2.24, 2.45) is 5.41 Å². The van der Waals surface area contributed by atoms with Crippen LogP contribution in [0.2, 0.25) is 0 Å². The topological polar surface area (TPSA) is 29.5 Å².